The highest BCUT2D eigenvalue weighted by Crippen LogP contribution is 2.34. The molecule has 9 nitrogen and oxygen atoms in total. The van der Waals surface area contributed by atoms with Crippen LogP contribution in [-0.2, 0) is 13.0 Å². The van der Waals surface area contributed by atoms with Gasteiger partial charge in [0.1, 0.15) is 5.58 Å². The van der Waals surface area contributed by atoms with Crippen molar-refractivity contribution >= 4 is 34.2 Å². The van der Waals surface area contributed by atoms with Crippen LogP contribution in [0.15, 0.2) is 100 Å². The van der Waals surface area contributed by atoms with Gasteiger partial charge in [0, 0.05) is 36.5 Å². The van der Waals surface area contributed by atoms with Crippen LogP contribution in [0.4, 0.5) is 11.4 Å². The van der Waals surface area contributed by atoms with E-state index in [1.807, 2.05) is 48.5 Å². The second-order valence-electron chi connectivity index (χ2n) is 10.7. The van der Waals surface area contributed by atoms with Gasteiger partial charge in [-0.1, -0.05) is 42.3 Å². The van der Waals surface area contributed by atoms with Gasteiger partial charge in [-0.25, -0.2) is 0 Å². The molecule has 1 aromatic heterocycles. The number of carbonyl (C=O) groups is 2. The lowest BCUT2D eigenvalue weighted by atomic mass is 10.1. The van der Waals surface area contributed by atoms with Crippen molar-refractivity contribution in [3.05, 3.63) is 129 Å². The first-order valence-electron chi connectivity index (χ1n) is 14.5. The third-order valence-electron chi connectivity index (χ3n) is 7.44. The van der Waals surface area contributed by atoms with Crippen LogP contribution in [0.25, 0.3) is 11.0 Å². The molecule has 0 unspecified atom stereocenters. The van der Waals surface area contributed by atoms with Crippen molar-refractivity contribution in [2.75, 3.05) is 38.4 Å². The molecule has 9 heteroatoms. The molecule has 0 spiro atoms. The number of terminal acetylenes is 1. The van der Waals surface area contributed by atoms with Gasteiger partial charge in [-0.3, -0.25) is 14.4 Å². The van der Waals surface area contributed by atoms with Crippen molar-refractivity contribution in [2.24, 2.45) is 0 Å². The SMILES string of the molecule is C#Cc1ccc(CN(C)CCc2ccc(NC(=O)c3cc(OC)c(OC)cc3NC(=O)c3cc(=O)c4ccccc4o3)cc2)cc1. The molecule has 0 aliphatic heterocycles. The summed E-state index contributed by atoms with van der Waals surface area (Å²) in [6.45, 7) is 1.64. The fraction of sp³-hybridized carbons (Fsp3) is 0.162. The zero-order valence-electron chi connectivity index (χ0n) is 25.8. The van der Waals surface area contributed by atoms with Gasteiger partial charge in [-0.05, 0) is 67.1 Å². The number of rotatable bonds is 11. The molecule has 2 N–H and O–H groups in total. The summed E-state index contributed by atoms with van der Waals surface area (Å²) in [7, 11) is 4.96. The molecule has 0 bridgehead atoms. The standard InChI is InChI=1S/C37H33N3O6/c1-5-24-10-12-26(13-11-24)23-40(2)19-18-25-14-16-27(17-15-25)38-36(42)29-20-33(44-3)34(45-4)21-30(29)39-37(43)35-22-31(41)28-8-6-7-9-32(28)46-35/h1,6-17,20-22H,18-19,23H2,2-4H3,(H,38,42)(H,39,43). The maximum Gasteiger partial charge on any atom is 0.291 e. The fourth-order valence-corrected chi connectivity index (χ4v) is 4.94. The fourth-order valence-electron chi connectivity index (χ4n) is 4.94. The topological polar surface area (TPSA) is 110 Å². The molecule has 0 aliphatic carbocycles. The number of methoxy groups -OCH3 is 2. The first-order valence-corrected chi connectivity index (χ1v) is 14.5. The molecular formula is C37H33N3O6. The number of hydrogen-bond acceptors (Lipinski definition) is 7. The van der Waals surface area contributed by atoms with E-state index < -0.39 is 11.8 Å². The van der Waals surface area contributed by atoms with E-state index in [-0.39, 0.29) is 28.0 Å². The maximum absolute atomic E-state index is 13.5. The molecule has 0 saturated carbocycles. The number of hydrogen-bond donors (Lipinski definition) is 2. The van der Waals surface area contributed by atoms with Gasteiger partial charge in [0.05, 0.1) is 30.9 Å². The molecule has 5 aromatic rings. The molecule has 0 saturated heterocycles. The minimum absolute atomic E-state index is 0.120. The minimum Gasteiger partial charge on any atom is -0.493 e. The van der Waals surface area contributed by atoms with Gasteiger partial charge in [0.2, 0.25) is 0 Å². The number of amides is 2. The number of benzene rings is 4. The van der Waals surface area contributed by atoms with E-state index in [0.29, 0.717) is 22.6 Å². The molecule has 0 atom stereocenters. The molecule has 0 fully saturated rings. The molecule has 5 rings (SSSR count). The van der Waals surface area contributed by atoms with Gasteiger partial charge in [0.25, 0.3) is 11.8 Å². The number of nitrogens with one attached hydrogen (secondary N) is 2. The largest absolute Gasteiger partial charge is 0.493 e. The van der Waals surface area contributed by atoms with E-state index in [2.05, 4.69) is 28.5 Å². The summed E-state index contributed by atoms with van der Waals surface area (Å²) in [6, 6.07) is 26.3. The Hall–Kier alpha value is -5.85. The number of nitrogens with zero attached hydrogens (tertiary/aromatic N) is 1. The number of fused-ring (bicyclic) bond motifs is 1. The summed E-state index contributed by atoms with van der Waals surface area (Å²) in [5, 5.41) is 5.93. The van der Waals surface area contributed by atoms with E-state index in [9.17, 15) is 14.4 Å². The van der Waals surface area contributed by atoms with E-state index in [4.69, 9.17) is 20.3 Å². The average Bonchev–Trinajstić information content (AvgIpc) is 3.08. The van der Waals surface area contributed by atoms with E-state index in [1.54, 1.807) is 24.3 Å². The van der Waals surface area contributed by atoms with Crippen molar-refractivity contribution in [3.8, 4) is 23.8 Å². The summed E-state index contributed by atoms with van der Waals surface area (Å²) in [5.41, 5.74) is 3.92. The van der Waals surface area contributed by atoms with Crippen molar-refractivity contribution in [1.29, 1.82) is 0 Å². The predicted octanol–water partition coefficient (Wildman–Crippen LogP) is 5.97. The van der Waals surface area contributed by atoms with Gasteiger partial charge in [0.15, 0.2) is 22.7 Å². The van der Waals surface area contributed by atoms with Crippen LogP contribution in [-0.4, -0.2) is 44.5 Å². The Morgan fingerprint density at radius 3 is 2.22 bits per heavy atom. The first kappa shape index (κ1) is 31.6. The van der Waals surface area contributed by atoms with Crippen molar-refractivity contribution < 1.29 is 23.5 Å². The minimum atomic E-state index is -0.706. The Morgan fingerprint density at radius 1 is 0.848 bits per heavy atom. The van der Waals surface area contributed by atoms with Gasteiger partial charge in [-0.15, -0.1) is 6.42 Å². The predicted molar refractivity (Wildman–Crippen MR) is 179 cm³/mol. The average molecular weight is 616 g/mol. The van der Waals surface area contributed by atoms with Crippen molar-refractivity contribution in [3.63, 3.8) is 0 Å². The Bertz CT molecular complexity index is 1970. The normalized spacial score (nSPS) is 10.8. The third kappa shape index (κ3) is 7.44. The van der Waals surface area contributed by atoms with Gasteiger partial charge >= 0.3 is 0 Å². The molecule has 232 valence electrons. The Balaban J connectivity index is 1.28. The Morgan fingerprint density at radius 2 is 1.52 bits per heavy atom. The van der Waals surface area contributed by atoms with Crippen LogP contribution in [0.3, 0.4) is 0 Å². The second kappa shape index (κ2) is 14.3. The highest BCUT2D eigenvalue weighted by atomic mass is 16.5. The van der Waals surface area contributed by atoms with Crippen molar-refractivity contribution in [1.82, 2.24) is 4.90 Å². The number of likely N-dealkylation sites (N-methyl/N-ethyl adjacent to an activating group) is 1. The van der Waals surface area contributed by atoms with Crippen LogP contribution in [0, 0.1) is 12.3 Å². The molecular weight excluding hydrogens is 582 g/mol. The van der Waals surface area contributed by atoms with E-state index in [0.717, 1.165) is 36.7 Å². The lowest BCUT2D eigenvalue weighted by molar-refractivity contribution is 0.0997. The molecule has 0 radical (unpaired) electrons. The van der Waals surface area contributed by atoms with E-state index in [1.165, 1.54) is 31.9 Å². The van der Waals surface area contributed by atoms with Crippen LogP contribution in [0.1, 0.15) is 37.6 Å². The zero-order chi connectivity index (χ0) is 32.6. The first-order chi connectivity index (χ1) is 22.3. The molecule has 4 aromatic carbocycles. The molecule has 0 aliphatic rings. The lowest BCUT2D eigenvalue weighted by Gasteiger charge is -2.17. The van der Waals surface area contributed by atoms with Crippen LogP contribution < -0.4 is 25.5 Å². The van der Waals surface area contributed by atoms with Gasteiger partial charge in [-0.2, -0.15) is 0 Å². The summed E-state index contributed by atoms with van der Waals surface area (Å²) in [4.78, 5) is 41.5. The lowest BCUT2D eigenvalue weighted by Crippen LogP contribution is -2.21. The third-order valence-corrected chi connectivity index (χ3v) is 7.44. The number of ether oxygens (including phenoxy) is 2. The summed E-state index contributed by atoms with van der Waals surface area (Å²) < 4.78 is 16.5. The van der Waals surface area contributed by atoms with Crippen LogP contribution in [0.5, 0.6) is 11.5 Å². The Kier molecular flexibility index (Phi) is 9.81. The second-order valence-corrected chi connectivity index (χ2v) is 10.7. The molecule has 1 heterocycles. The van der Waals surface area contributed by atoms with E-state index >= 15 is 0 Å². The monoisotopic (exact) mass is 615 g/mol. The summed E-state index contributed by atoms with van der Waals surface area (Å²) >= 11 is 0. The highest BCUT2D eigenvalue weighted by molar-refractivity contribution is 6.12. The maximum atomic E-state index is 13.5. The number of carbonyl (C=O) groups excluding carboxylic acids is 2. The Labute approximate surface area is 266 Å². The number of para-hydroxylation sites is 1. The molecule has 2 amide bonds. The highest BCUT2D eigenvalue weighted by Gasteiger charge is 2.21. The smallest absolute Gasteiger partial charge is 0.291 e. The number of anilines is 2. The zero-order valence-corrected chi connectivity index (χ0v) is 25.8. The van der Waals surface area contributed by atoms with Crippen LogP contribution in [0.2, 0.25) is 0 Å². The van der Waals surface area contributed by atoms with Crippen LogP contribution >= 0.6 is 0 Å². The molecule has 46 heavy (non-hydrogen) atoms. The quantitative estimate of drug-likeness (QED) is 0.176. The summed E-state index contributed by atoms with van der Waals surface area (Å²) in [5.74, 6) is 1.84. The van der Waals surface area contributed by atoms with Gasteiger partial charge < -0.3 is 29.4 Å². The summed E-state index contributed by atoms with van der Waals surface area (Å²) in [6.07, 6.45) is 6.27. The van der Waals surface area contributed by atoms with Crippen molar-refractivity contribution in [2.45, 2.75) is 13.0 Å².